The monoisotopic (exact) mass is 893 g/mol. The molecule has 14 aromatic rings. The number of furan rings is 2. The quantitative estimate of drug-likeness (QED) is 0.159. The van der Waals surface area contributed by atoms with E-state index in [2.05, 4.69) is 212 Å². The fourth-order valence-electron chi connectivity index (χ4n) is 10.1. The van der Waals surface area contributed by atoms with Gasteiger partial charge in [0.25, 0.3) is 0 Å². The predicted molar refractivity (Wildman–Crippen MR) is 287 cm³/mol. The van der Waals surface area contributed by atoms with Crippen molar-refractivity contribution in [2.75, 3.05) is 0 Å². The fraction of sp³-hybridized carbons (Fsp3) is 0. The Hall–Kier alpha value is -9.45. The molecule has 0 amide bonds. The van der Waals surface area contributed by atoms with Crippen molar-refractivity contribution in [3.05, 3.63) is 237 Å². The maximum atomic E-state index is 6.86. The fourth-order valence-corrected chi connectivity index (χ4v) is 10.1. The van der Waals surface area contributed by atoms with Gasteiger partial charge >= 0.3 is 0 Å². The highest BCUT2D eigenvalue weighted by Gasteiger charge is 2.20. The van der Waals surface area contributed by atoms with Crippen LogP contribution in [-0.2, 0) is 0 Å². The van der Waals surface area contributed by atoms with Crippen LogP contribution in [0.25, 0.3) is 144 Å². The highest BCUT2D eigenvalue weighted by Crippen LogP contribution is 2.43. The largest absolute Gasteiger partial charge is 0.456 e. The average Bonchev–Trinajstić information content (AvgIpc) is 3.99. The summed E-state index contributed by atoms with van der Waals surface area (Å²) in [6.07, 6.45) is 0. The van der Waals surface area contributed by atoms with E-state index in [1.54, 1.807) is 0 Å². The topological polar surface area (TPSA) is 65.0 Å². The SMILES string of the molecule is c1ccc(-c2cc(-c3ccccc3)cc(-c3cc(-c4ccc(-c5nc(-c6ccc7ccccc7c6)nc(-c6ccc7c(c6)oc6ccccc67)n5)cc4)c4c(c3)oc3cc5ccccc5cc34)c2)cc1. The second-order valence-corrected chi connectivity index (χ2v) is 18.0. The molecule has 5 nitrogen and oxygen atoms in total. The zero-order chi connectivity index (χ0) is 46.1. The Kier molecular flexibility index (Phi) is 9.14. The summed E-state index contributed by atoms with van der Waals surface area (Å²) < 4.78 is 13.2. The molecule has 0 aliphatic carbocycles. The first kappa shape index (κ1) is 39.7. The number of hydrogen-bond acceptors (Lipinski definition) is 5. The first-order valence-corrected chi connectivity index (χ1v) is 23.6. The van der Waals surface area contributed by atoms with Crippen molar-refractivity contribution >= 4 is 65.4 Å². The maximum Gasteiger partial charge on any atom is 0.164 e. The Bertz CT molecular complexity index is 4290. The smallest absolute Gasteiger partial charge is 0.164 e. The van der Waals surface area contributed by atoms with E-state index in [0.29, 0.717) is 17.5 Å². The van der Waals surface area contributed by atoms with Crippen molar-refractivity contribution in [1.29, 1.82) is 0 Å². The summed E-state index contributed by atoms with van der Waals surface area (Å²) in [4.78, 5) is 15.5. The molecular formula is C65H39N3O2. The minimum absolute atomic E-state index is 0.568. The summed E-state index contributed by atoms with van der Waals surface area (Å²) in [6, 6.07) is 83.2. The van der Waals surface area contributed by atoms with Crippen molar-refractivity contribution in [2.24, 2.45) is 0 Å². The molecule has 0 saturated heterocycles. The second kappa shape index (κ2) is 16.1. The highest BCUT2D eigenvalue weighted by molar-refractivity contribution is 6.17. The van der Waals surface area contributed by atoms with Crippen LogP contribution >= 0.6 is 0 Å². The molecule has 0 aliphatic heterocycles. The molecular weight excluding hydrogens is 855 g/mol. The zero-order valence-corrected chi connectivity index (χ0v) is 37.7. The number of nitrogens with zero attached hydrogens (tertiary/aromatic N) is 3. The van der Waals surface area contributed by atoms with Crippen LogP contribution in [0.4, 0.5) is 0 Å². The van der Waals surface area contributed by atoms with Crippen LogP contribution in [0.3, 0.4) is 0 Å². The molecule has 0 bridgehead atoms. The summed E-state index contributed by atoms with van der Waals surface area (Å²) in [5, 5.41) is 8.86. The lowest BCUT2D eigenvalue weighted by Gasteiger charge is -2.14. The number of para-hydroxylation sites is 1. The molecule has 0 unspecified atom stereocenters. The molecule has 0 fully saturated rings. The van der Waals surface area contributed by atoms with Crippen LogP contribution in [0.5, 0.6) is 0 Å². The van der Waals surface area contributed by atoms with E-state index in [4.69, 9.17) is 23.8 Å². The number of hydrogen-bond donors (Lipinski definition) is 0. The molecule has 3 heterocycles. The van der Waals surface area contributed by atoms with Gasteiger partial charge in [0.05, 0.1) is 0 Å². The van der Waals surface area contributed by atoms with Gasteiger partial charge in [0.15, 0.2) is 17.5 Å². The molecule has 0 N–H and O–H groups in total. The van der Waals surface area contributed by atoms with Crippen molar-refractivity contribution in [3.8, 4) is 78.7 Å². The van der Waals surface area contributed by atoms with Crippen LogP contribution in [0.1, 0.15) is 0 Å². The van der Waals surface area contributed by atoms with Crippen LogP contribution in [0.2, 0.25) is 0 Å². The van der Waals surface area contributed by atoms with E-state index in [1.165, 1.54) is 5.39 Å². The van der Waals surface area contributed by atoms with Gasteiger partial charge in [-0.1, -0.05) is 170 Å². The Morgan fingerprint density at radius 2 is 0.686 bits per heavy atom. The third kappa shape index (κ3) is 6.91. The number of fused-ring (bicyclic) bond motifs is 8. The van der Waals surface area contributed by atoms with Gasteiger partial charge in [-0.25, -0.2) is 15.0 Å². The van der Waals surface area contributed by atoms with Crippen molar-refractivity contribution < 1.29 is 8.83 Å². The summed E-state index contributed by atoms with van der Waals surface area (Å²) in [5.74, 6) is 1.74. The minimum Gasteiger partial charge on any atom is -0.456 e. The van der Waals surface area contributed by atoms with Gasteiger partial charge in [-0.2, -0.15) is 0 Å². The molecule has 3 aromatic heterocycles. The Labute approximate surface area is 402 Å². The summed E-state index contributed by atoms with van der Waals surface area (Å²) >= 11 is 0. The van der Waals surface area contributed by atoms with Crippen LogP contribution < -0.4 is 0 Å². The van der Waals surface area contributed by atoms with Crippen molar-refractivity contribution in [1.82, 2.24) is 15.0 Å². The van der Waals surface area contributed by atoms with E-state index in [0.717, 1.165) is 121 Å². The van der Waals surface area contributed by atoms with Crippen molar-refractivity contribution in [2.45, 2.75) is 0 Å². The van der Waals surface area contributed by atoms with Gasteiger partial charge in [-0.15, -0.1) is 0 Å². The van der Waals surface area contributed by atoms with Gasteiger partial charge in [-0.3, -0.25) is 0 Å². The number of aromatic nitrogens is 3. The lowest BCUT2D eigenvalue weighted by molar-refractivity contribution is 0.669. The second-order valence-electron chi connectivity index (χ2n) is 18.0. The molecule has 14 rings (SSSR count). The summed E-state index contributed by atoms with van der Waals surface area (Å²) in [6.45, 7) is 0. The van der Waals surface area contributed by atoms with Gasteiger partial charge in [0.2, 0.25) is 0 Å². The molecule has 0 atom stereocenters. The summed E-state index contributed by atoms with van der Waals surface area (Å²) in [5.41, 5.74) is 14.9. The number of benzene rings is 11. The van der Waals surface area contributed by atoms with E-state index < -0.39 is 0 Å². The standard InChI is InChI=1S/C65H39N3O2/c1-3-13-40(14-4-1)50-32-51(41-15-5-2-6-16-41)34-52(33-50)53-36-56(62-57-35-46-19-9-10-20-47(46)37-60(57)70-61(62)39-53)43-24-26-44(27-25-43)63-66-64(48-28-23-42-17-7-8-18-45(42)31-48)68-65(67-63)49-29-30-55-54-21-11-12-22-58(54)69-59(55)38-49/h1-39H. The molecule has 0 spiro atoms. The maximum absolute atomic E-state index is 6.86. The third-order valence-electron chi connectivity index (χ3n) is 13.7. The van der Waals surface area contributed by atoms with Crippen LogP contribution in [0.15, 0.2) is 245 Å². The van der Waals surface area contributed by atoms with Gasteiger partial charge in [-0.05, 0) is 133 Å². The summed E-state index contributed by atoms with van der Waals surface area (Å²) in [7, 11) is 0. The van der Waals surface area contributed by atoms with Gasteiger partial charge in [0, 0.05) is 38.2 Å². The average molecular weight is 894 g/mol. The predicted octanol–water partition coefficient (Wildman–Crippen LogP) is 17.6. The highest BCUT2D eigenvalue weighted by atomic mass is 16.3. The lowest BCUT2D eigenvalue weighted by atomic mass is 9.90. The van der Waals surface area contributed by atoms with Crippen LogP contribution in [0, 0.1) is 0 Å². The van der Waals surface area contributed by atoms with Gasteiger partial charge in [0.1, 0.15) is 22.3 Å². The number of rotatable bonds is 7. The molecule has 0 radical (unpaired) electrons. The zero-order valence-electron chi connectivity index (χ0n) is 37.7. The van der Waals surface area contributed by atoms with Crippen LogP contribution in [-0.4, -0.2) is 15.0 Å². The third-order valence-corrected chi connectivity index (χ3v) is 13.7. The minimum atomic E-state index is 0.568. The van der Waals surface area contributed by atoms with E-state index in [-0.39, 0.29) is 0 Å². The molecule has 11 aromatic carbocycles. The Balaban J connectivity index is 0.940. The first-order chi connectivity index (χ1) is 34.6. The molecule has 0 saturated carbocycles. The first-order valence-electron chi connectivity index (χ1n) is 23.6. The molecule has 0 aliphatic rings. The van der Waals surface area contributed by atoms with E-state index in [1.807, 2.05) is 24.3 Å². The lowest BCUT2D eigenvalue weighted by Crippen LogP contribution is -2.00. The van der Waals surface area contributed by atoms with Crippen molar-refractivity contribution in [3.63, 3.8) is 0 Å². The Morgan fingerprint density at radius 3 is 1.39 bits per heavy atom. The molecule has 70 heavy (non-hydrogen) atoms. The normalized spacial score (nSPS) is 11.7. The molecule has 5 heteroatoms. The van der Waals surface area contributed by atoms with Gasteiger partial charge < -0.3 is 8.83 Å². The molecule has 326 valence electrons. The Morgan fingerprint density at radius 1 is 0.229 bits per heavy atom. The van der Waals surface area contributed by atoms with E-state index in [9.17, 15) is 0 Å². The van der Waals surface area contributed by atoms with E-state index >= 15 is 0 Å².